The lowest BCUT2D eigenvalue weighted by Gasteiger charge is -2.26. The van der Waals surface area contributed by atoms with Crippen LogP contribution in [0.15, 0.2) is 16.5 Å². The van der Waals surface area contributed by atoms with Crippen molar-refractivity contribution in [3.05, 3.63) is 56.8 Å². The van der Waals surface area contributed by atoms with Gasteiger partial charge in [-0.1, -0.05) is 0 Å². The molecular formula is C29H20O11. The van der Waals surface area contributed by atoms with Crippen molar-refractivity contribution in [2.45, 2.75) is 38.9 Å². The van der Waals surface area contributed by atoms with E-state index in [0.717, 1.165) is 0 Å². The molecule has 3 aromatic carbocycles. The Morgan fingerprint density at radius 2 is 1.38 bits per heavy atom. The van der Waals surface area contributed by atoms with Crippen LogP contribution in [-0.2, 0) is 22.3 Å². The highest BCUT2D eigenvalue weighted by Crippen LogP contribution is 2.53. The van der Waals surface area contributed by atoms with E-state index in [4.69, 9.17) is 18.6 Å². The Labute approximate surface area is 224 Å². The van der Waals surface area contributed by atoms with Crippen LogP contribution < -0.4 is 4.74 Å². The minimum Gasteiger partial charge on any atom is -0.507 e. The van der Waals surface area contributed by atoms with Gasteiger partial charge in [0.2, 0.25) is 11.6 Å². The molecule has 0 saturated carbocycles. The van der Waals surface area contributed by atoms with E-state index < -0.39 is 64.3 Å². The molecule has 2 aliphatic heterocycles. The summed E-state index contributed by atoms with van der Waals surface area (Å²) in [4.78, 5) is 53.4. The molecule has 3 heterocycles. The van der Waals surface area contributed by atoms with E-state index in [1.54, 1.807) is 13.8 Å². The number of cyclic esters (lactones) is 2. The molecule has 11 heteroatoms. The normalized spacial score (nSPS) is 19.6. The highest BCUT2D eigenvalue weighted by atomic mass is 16.5. The van der Waals surface area contributed by atoms with Gasteiger partial charge in [0.15, 0.2) is 22.8 Å². The van der Waals surface area contributed by atoms with Crippen LogP contribution in [-0.4, -0.2) is 58.1 Å². The third-order valence-corrected chi connectivity index (χ3v) is 7.73. The lowest BCUT2D eigenvalue weighted by Crippen LogP contribution is -2.31. The van der Waals surface area contributed by atoms with Crippen LogP contribution in [0.2, 0.25) is 0 Å². The minimum atomic E-state index is -0.875. The van der Waals surface area contributed by atoms with Crippen molar-refractivity contribution in [3.63, 3.8) is 0 Å². The second-order valence-corrected chi connectivity index (χ2v) is 10.3. The molecule has 0 bridgehead atoms. The number of ether oxygens (including phenoxy) is 3. The number of hydrogen-bond donors (Lipinski definition) is 3. The molecule has 3 aliphatic rings. The number of aromatic hydroxyl groups is 3. The number of benzene rings is 3. The third-order valence-electron chi connectivity index (χ3n) is 7.73. The number of methoxy groups -OCH3 is 1. The van der Waals surface area contributed by atoms with Crippen molar-refractivity contribution in [2.24, 2.45) is 0 Å². The van der Waals surface area contributed by atoms with Crippen LogP contribution in [0.3, 0.4) is 0 Å². The number of phenolic OH excluding ortho intramolecular Hbond substituents is 3. The zero-order chi connectivity index (χ0) is 28.4. The van der Waals surface area contributed by atoms with Crippen LogP contribution in [0.4, 0.5) is 0 Å². The van der Waals surface area contributed by atoms with Crippen molar-refractivity contribution in [1.29, 1.82) is 0 Å². The molecule has 0 fully saturated rings. The molecule has 0 saturated heterocycles. The second-order valence-electron chi connectivity index (χ2n) is 10.3. The Hall–Kier alpha value is -5.06. The van der Waals surface area contributed by atoms with Gasteiger partial charge >= 0.3 is 11.9 Å². The summed E-state index contributed by atoms with van der Waals surface area (Å²) in [6, 6.07) is 2.76. The number of carbonyl (C=O) groups is 4. The monoisotopic (exact) mass is 544 g/mol. The summed E-state index contributed by atoms with van der Waals surface area (Å²) in [5.74, 6) is -5.56. The van der Waals surface area contributed by atoms with Gasteiger partial charge in [0.1, 0.15) is 29.3 Å². The fourth-order valence-corrected chi connectivity index (χ4v) is 6.17. The fourth-order valence-electron chi connectivity index (χ4n) is 6.17. The molecule has 3 N–H and O–H groups in total. The van der Waals surface area contributed by atoms with Crippen molar-refractivity contribution in [2.75, 3.05) is 7.11 Å². The quantitative estimate of drug-likeness (QED) is 0.263. The molecule has 7 rings (SSSR count). The van der Waals surface area contributed by atoms with Gasteiger partial charge in [-0.2, -0.15) is 0 Å². The van der Waals surface area contributed by atoms with Crippen LogP contribution in [0, 0.1) is 0 Å². The Bertz CT molecular complexity index is 1930. The predicted molar refractivity (Wildman–Crippen MR) is 136 cm³/mol. The molecule has 0 amide bonds. The van der Waals surface area contributed by atoms with E-state index in [9.17, 15) is 34.5 Å². The van der Waals surface area contributed by atoms with Gasteiger partial charge in [0.25, 0.3) is 0 Å². The minimum absolute atomic E-state index is 0.0591. The van der Waals surface area contributed by atoms with E-state index in [1.165, 1.54) is 19.2 Å². The van der Waals surface area contributed by atoms with Crippen molar-refractivity contribution in [1.82, 2.24) is 0 Å². The van der Waals surface area contributed by atoms with E-state index >= 15 is 0 Å². The van der Waals surface area contributed by atoms with Gasteiger partial charge < -0.3 is 33.9 Å². The van der Waals surface area contributed by atoms with Crippen LogP contribution in [0.1, 0.15) is 77.7 Å². The molecule has 1 aliphatic carbocycles. The number of ketones is 2. The Morgan fingerprint density at radius 3 is 2.02 bits per heavy atom. The zero-order valence-electron chi connectivity index (χ0n) is 21.3. The van der Waals surface area contributed by atoms with E-state index in [0.29, 0.717) is 11.1 Å². The van der Waals surface area contributed by atoms with Crippen molar-refractivity contribution in [3.8, 4) is 23.0 Å². The van der Waals surface area contributed by atoms with Gasteiger partial charge in [-0.05, 0) is 37.1 Å². The first kappa shape index (κ1) is 24.0. The number of fused-ring (bicyclic) bond motifs is 9. The number of phenols is 3. The number of rotatable bonds is 1. The second kappa shape index (κ2) is 7.75. The number of carbonyl (C=O) groups excluding carboxylic acids is 4. The average molecular weight is 544 g/mol. The zero-order valence-corrected chi connectivity index (χ0v) is 21.3. The summed E-state index contributed by atoms with van der Waals surface area (Å²) in [5.41, 5.74) is -0.805. The van der Waals surface area contributed by atoms with Gasteiger partial charge in [-0.15, -0.1) is 0 Å². The van der Waals surface area contributed by atoms with Gasteiger partial charge in [-0.3, -0.25) is 9.59 Å². The van der Waals surface area contributed by atoms with Crippen molar-refractivity contribution < 1.29 is 53.1 Å². The van der Waals surface area contributed by atoms with E-state index in [-0.39, 0.29) is 62.6 Å². The van der Waals surface area contributed by atoms with Crippen LogP contribution in [0.25, 0.3) is 21.7 Å². The lowest BCUT2D eigenvalue weighted by atomic mass is 9.80. The highest BCUT2D eigenvalue weighted by molar-refractivity contribution is 6.36. The molecule has 2 unspecified atom stereocenters. The molecular weight excluding hydrogens is 524 g/mol. The van der Waals surface area contributed by atoms with Crippen LogP contribution >= 0.6 is 0 Å². The van der Waals surface area contributed by atoms with E-state index in [2.05, 4.69) is 0 Å². The first-order valence-electron chi connectivity index (χ1n) is 12.5. The molecule has 0 spiro atoms. The molecule has 40 heavy (non-hydrogen) atoms. The largest absolute Gasteiger partial charge is 0.507 e. The first-order chi connectivity index (χ1) is 19.0. The topological polar surface area (TPSA) is 170 Å². The maximum absolute atomic E-state index is 13.9. The standard InChI is InChI=1S/C29H20O11/c1-8-4-10-6-12-16(22(32)15(10)29(36)39-8)25-20(26(37-3)21(12)31)19-23(33)17-13(30)7-11-5-9(2)38-28(35)14(11)18(17)24(34)27(19)40-25/h6-9,30-32H,4-5H2,1-3H3. The summed E-state index contributed by atoms with van der Waals surface area (Å²) < 4.78 is 22.0. The third kappa shape index (κ3) is 2.83. The van der Waals surface area contributed by atoms with E-state index in [1.807, 2.05) is 0 Å². The smallest absolute Gasteiger partial charge is 0.342 e. The number of esters is 2. The summed E-state index contributed by atoms with van der Waals surface area (Å²) >= 11 is 0. The molecule has 1 aromatic heterocycles. The Morgan fingerprint density at radius 1 is 0.750 bits per heavy atom. The summed E-state index contributed by atoms with van der Waals surface area (Å²) in [7, 11) is 1.24. The predicted octanol–water partition coefficient (Wildman–Crippen LogP) is 3.69. The molecule has 202 valence electrons. The first-order valence-corrected chi connectivity index (χ1v) is 12.5. The summed E-state index contributed by atoms with van der Waals surface area (Å²) in [5, 5.41) is 33.2. The van der Waals surface area contributed by atoms with Crippen LogP contribution in [0.5, 0.6) is 23.0 Å². The Kier molecular flexibility index (Phi) is 4.65. The summed E-state index contributed by atoms with van der Waals surface area (Å²) in [6.45, 7) is 3.35. The SMILES string of the molecule is COc1c(O)c2cc3c(c(O)c2c2oc4c(c12)C(=O)c1c(O)cc2c(c1C4=O)C(=O)OC(C)C2)C(=O)OC(C)C3. The van der Waals surface area contributed by atoms with Gasteiger partial charge in [-0.25, -0.2) is 9.59 Å². The number of hydrogen-bond acceptors (Lipinski definition) is 11. The summed E-state index contributed by atoms with van der Waals surface area (Å²) in [6.07, 6.45) is -0.487. The lowest BCUT2D eigenvalue weighted by molar-refractivity contribution is 0.0287. The highest BCUT2D eigenvalue weighted by Gasteiger charge is 2.44. The molecule has 2 atom stereocenters. The molecule has 4 aromatic rings. The van der Waals surface area contributed by atoms with Gasteiger partial charge in [0.05, 0.1) is 40.1 Å². The fraction of sp³-hybridized carbons (Fsp3) is 0.241. The average Bonchev–Trinajstić information content (AvgIpc) is 3.27. The number of furan rings is 1. The van der Waals surface area contributed by atoms with Crippen molar-refractivity contribution >= 4 is 45.2 Å². The Balaban J connectivity index is 1.60. The maximum atomic E-state index is 13.9. The maximum Gasteiger partial charge on any atom is 0.342 e. The molecule has 11 nitrogen and oxygen atoms in total. The van der Waals surface area contributed by atoms with Gasteiger partial charge in [0, 0.05) is 18.2 Å². The molecule has 0 radical (unpaired) electrons.